The number of hydrogen-bond acceptors (Lipinski definition) is 3. The van der Waals surface area contributed by atoms with E-state index < -0.39 is 5.97 Å². The number of esters is 1. The smallest absolute Gasteiger partial charge is 0.359 e. The van der Waals surface area contributed by atoms with Crippen molar-refractivity contribution in [2.75, 3.05) is 0 Å². The van der Waals surface area contributed by atoms with Crippen molar-refractivity contribution >= 4 is 5.97 Å². The van der Waals surface area contributed by atoms with Gasteiger partial charge in [0, 0.05) is 6.20 Å². The van der Waals surface area contributed by atoms with Crippen LogP contribution in [0.15, 0.2) is 12.3 Å². The molecule has 2 rings (SSSR count). The lowest BCUT2D eigenvalue weighted by molar-refractivity contribution is 0.00214. The Bertz CT molecular complexity index is 367. The van der Waals surface area contributed by atoms with Crippen LogP contribution >= 0.6 is 0 Å². The molecule has 0 unspecified atom stereocenters. The first-order chi connectivity index (χ1) is 6.59. The molecule has 1 aliphatic rings. The topological polar surface area (TPSA) is 51.5 Å². The SMILES string of the molecule is CC(C)[C@@H]1Cn2ccc(O)c2C(=O)O1. The maximum atomic E-state index is 11.5. The van der Waals surface area contributed by atoms with E-state index in [2.05, 4.69) is 0 Å². The minimum Gasteiger partial charge on any atom is -0.505 e. The molecule has 14 heavy (non-hydrogen) atoms. The van der Waals surface area contributed by atoms with Crippen LogP contribution in [0.3, 0.4) is 0 Å². The van der Waals surface area contributed by atoms with Crippen LogP contribution in [-0.4, -0.2) is 21.7 Å². The molecule has 0 saturated heterocycles. The Morgan fingerprint density at radius 2 is 2.36 bits per heavy atom. The van der Waals surface area contributed by atoms with Gasteiger partial charge in [-0.05, 0) is 12.0 Å². The second kappa shape index (κ2) is 3.04. The van der Waals surface area contributed by atoms with E-state index in [0.717, 1.165) is 0 Å². The van der Waals surface area contributed by atoms with E-state index in [-0.39, 0.29) is 23.5 Å². The van der Waals surface area contributed by atoms with Crippen LogP contribution in [0.25, 0.3) is 0 Å². The van der Waals surface area contributed by atoms with Crippen LogP contribution in [0.5, 0.6) is 5.75 Å². The van der Waals surface area contributed by atoms with Gasteiger partial charge in [0.25, 0.3) is 0 Å². The molecule has 1 aromatic rings. The lowest BCUT2D eigenvalue weighted by Crippen LogP contribution is -2.34. The highest BCUT2D eigenvalue weighted by Gasteiger charge is 2.30. The normalized spacial score (nSPS) is 20.8. The fraction of sp³-hybridized carbons (Fsp3) is 0.500. The first-order valence-electron chi connectivity index (χ1n) is 4.68. The van der Waals surface area contributed by atoms with Gasteiger partial charge in [0.05, 0.1) is 6.54 Å². The van der Waals surface area contributed by atoms with E-state index in [1.807, 2.05) is 13.8 Å². The Balaban J connectivity index is 2.35. The standard InChI is InChI=1S/C10H13NO3/c1-6(2)8-5-11-4-3-7(12)9(11)10(13)14-8/h3-4,6,8,12H,5H2,1-2H3/t8-/m0/s1. The summed E-state index contributed by atoms with van der Waals surface area (Å²) in [5, 5.41) is 9.37. The van der Waals surface area contributed by atoms with Gasteiger partial charge in [0.2, 0.25) is 0 Å². The van der Waals surface area contributed by atoms with Crippen molar-refractivity contribution < 1.29 is 14.6 Å². The number of aromatic hydroxyl groups is 1. The average molecular weight is 195 g/mol. The molecule has 1 aromatic heterocycles. The Labute approximate surface area is 82.1 Å². The molecule has 0 radical (unpaired) electrons. The quantitative estimate of drug-likeness (QED) is 0.689. The molecule has 2 heterocycles. The summed E-state index contributed by atoms with van der Waals surface area (Å²) >= 11 is 0. The number of ether oxygens (including phenoxy) is 1. The number of hydrogen-bond donors (Lipinski definition) is 1. The number of carbonyl (C=O) groups is 1. The van der Waals surface area contributed by atoms with Crippen molar-refractivity contribution in [2.24, 2.45) is 5.92 Å². The highest BCUT2D eigenvalue weighted by atomic mass is 16.5. The molecule has 0 aliphatic carbocycles. The van der Waals surface area contributed by atoms with Gasteiger partial charge in [-0.1, -0.05) is 13.8 Å². The number of aromatic nitrogens is 1. The van der Waals surface area contributed by atoms with Crippen molar-refractivity contribution in [3.63, 3.8) is 0 Å². The predicted molar refractivity (Wildman–Crippen MR) is 50.1 cm³/mol. The molecule has 1 atom stereocenters. The average Bonchev–Trinajstić information content (AvgIpc) is 2.48. The number of fused-ring (bicyclic) bond motifs is 1. The fourth-order valence-corrected chi connectivity index (χ4v) is 1.61. The van der Waals surface area contributed by atoms with Crippen LogP contribution in [-0.2, 0) is 11.3 Å². The molecule has 1 aliphatic heterocycles. The van der Waals surface area contributed by atoms with Gasteiger partial charge in [-0.3, -0.25) is 0 Å². The van der Waals surface area contributed by atoms with E-state index in [4.69, 9.17) is 4.74 Å². The first kappa shape index (κ1) is 9.12. The number of cyclic esters (lactones) is 1. The van der Waals surface area contributed by atoms with Gasteiger partial charge in [0.15, 0.2) is 5.69 Å². The Morgan fingerprint density at radius 3 is 3.00 bits per heavy atom. The maximum Gasteiger partial charge on any atom is 0.359 e. The lowest BCUT2D eigenvalue weighted by Gasteiger charge is -2.27. The number of carbonyl (C=O) groups excluding carboxylic acids is 1. The molecule has 0 fully saturated rings. The van der Waals surface area contributed by atoms with Crippen LogP contribution in [0, 0.1) is 5.92 Å². The Kier molecular flexibility index (Phi) is 1.98. The molecule has 76 valence electrons. The highest BCUT2D eigenvalue weighted by molar-refractivity contribution is 5.91. The molecular formula is C10H13NO3. The minimum absolute atomic E-state index is 0.00259. The zero-order chi connectivity index (χ0) is 10.3. The molecule has 0 amide bonds. The summed E-state index contributed by atoms with van der Waals surface area (Å²) in [6.45, 7) is 4.64. The van der Waals surface area contributed by atoms with Gasteiger partial charge in [-0.25, -0.2) is 4.79 Å². The van der Waals surface area contributed by atoms with E-state index in [1.165, 1.54) is 6.07 Å². The van der Waals surface area contributed by atoms with E-state index in [1.54, 1.807) is 10.8 Å². The summed E-state index contributed by atoms with van der Waals surface area (Å²) in [5.74, 6) is -0.147. The van der Waals surface area contributed by atoms with Crippen LogP contribution in [0.2, 0.25) is 0 Å². The molecule has 0 aromatic carbocycles. The van der Waals surface area contributed by atoms with E-state index >= 15 is 0 Å². The van der Waals surface area contributed by atoms with Gasteiger partial charge < -0.3 is 14.4 Å². The van der Waals surface area contributed by atoms with E-state index in [9.17, 15) is 9.90 Å². The number of rotatable bonds is 1. The third-order valence-corrected chi connectivity index (χ3v) is 2.51. The van der Waals surface area contributed by atoms with Crippen molar-refractivity contribution in [3.8, 4) is 5.75 Å². The zero-order valence-corrected chi connectivity index (χ0v) is 8.23. The number of nitrogens with zero attached hydrogens (tertiary/aromatic N) is 1. The van der Waals surface area contributed by atoms with Crippen molar-refractivity contribution in [1.29, 1.82) is 0 Å². The predicted octanol–water partition coefficient (Wildman–Crippen LogP) is 1.39. The third kappa shape index (κ3) is 1.27. The van der Waals surface area contributed by atoms with Crippen molar-refractivity contribution in [1.82, 2.24) is 4.57 Å². The first-order valence-corrected chi connectivity index (χ1v) is 4.68. The summed E-state index contributed by atoms with van der Waals surface area (Å²) in [6, 6.07) is 1.51. The van der Waals surface area contributed by atoms with Crippen molar-refractivity contribution in [3.05, 3.63) is 18.0 Å². The summed E-state index contributed by atoms with van der Waals surface area (Å²) in [4.78, 5) is 11.5. The van der Waals surface area contributed by atoms with Crippen LogP contribution < -0.4 is 0 Å². The highest BCUT2D eigenvalue weighted by Crippen LogP contribution is 2.26. The molecule has 0 spiro atoms. The van der Waals surface area contributed by atoms with Crippen molar-refractivity contribution in [2.45, 2.75) is 26.5 Å². The van der Waals surface area contributed by atoms with Gasteiger partial charge in [0.1, 0.15) is 11.9 Å². The summed E-state index contributed by atoms with van der Waals surface area (Å²) in [5.41, 5.74) is 0.266. The lowest BCUT2D eigenvalue weighted by atomic mass is 10.1. The van der Waals surface area contributed by atoms with Crippen LogP contribution in [0.1, 0.15) is 24.3 Å². The Hall–Kier alpha value is -1.45. The molecule has 1 N–H and O–H groups in total. The maximum absolute atomic E-state index is 11.5. The molecule has 0 bridgehead atoms. The van der Waals surface area contributed by atoms with Gasteiger partial charge in [-0.15, -0.1) is 0 Å². The second-order valence-corrected chi connectivity index (χ2v) is 3.89. The monoisotopic (exact) mass is 195 g/mol. The molecule has 0 saturated carbocycles. The zero-order valence-electron chi connectivity index (χ0n) is 8.23. The molecule has 4 nitrogen and oxygen atoms in total. The van der Waals surface area contributed by atoms with Crippen LogP contribution in [0.4, 0.5) is 0 Å². The summed E-state index contributed by atoms with van der Waals surface area (Å²) < 4.78 is 6.94. The van der Waals surface area contributed by atoms with Gasteiger partial charge in [-0.2, -0.15) is 0 Å². The summed E-state index contributed by atoms with van der Waals surface area (Å²) in [7, 11) is 0. The summed E-state index contributed by atoms with van der Waals surface area (Å²) in [6.07, 6.45) is 1.61. The molecule has 4 heteroatoms. The second-order valence-electron chi connectivity index (χ2n) is 3.89. The fourth-order valence-electron chi connectivity index (χ4n) is 1.61. The van der Waals surface area contributed by atoms with Gasteiger partial charge >= 0.3 is 5.97 Å². The largest absolute Gasteiger partial charge is 0.505 e. The Morgan fingerprint density at radius 1 is 1.64 bits per heavy atom. The van der Waals surface area contributed by atoms with E-state index in [0.29, 0.717) is 6.54 Å². The third-order valence-electron chi connectivity index (χ3n) is 2.51. The molecular weight excluding hydrogens is 182 g/mol. The minimum atomic E-state index is -0.433.